The standard InChI is InChI=1S/C14H28N2O/c1-6-14(7-8-15-10-14)12(17)16-9-11(2)13(3,4)5/h11,15H,6-10H2,1-5H3,(H,16,17). The van der Waals surface area contributed by atoms with Crippen molar-refractivity contribution in [2.24, 2.45) is 16.7 Å². The lowest BCUT2D eigenvalue weighted by molar-refractivity contribution is -0.130. The molecule has 0 aromatic carbocycles. The molecule has 0 aromatic rings. The number of nitrogens with one attached hydrogen (secondary N) is 2. The van der Waals surface area contributed by atoms with Crippen LogP contribution in [0.4, 0.5) is 0 Å². The van der Waals surface area contributed by atoms with Gasteiger partial charge in [-0.05, 0) is 30.7 Å². The molecule has 2 atom stereocenters. The van der Waals surface area contributed by atoms with E-state index in [-0.39, 0.29) is 16.7 Å². The Bertz CT molecular complexity index is 262. The summed E-state index contributed by atoms with van der Waals surface area (Å²) in [7, 11) is 0. The summed E-state index contributed by atoms with van der Waals surface area (Å²) in [5.74, 6) is 0.732. The zero-order valence-corrected chi connectivity index (χ0v) is 12.0. The van der Waals surface area contributed by atoms with E-state index in [2.05, 4.69) is 45.3 Å². The minimum absolute atomic E-state index is 0.155. The first-order chi connectivity index (χ1) is 7.82. The van der Waals surface area contributed by atoms with Crippen LogP contribution in [0, 0.1) is 16.7 Å². The van der Waals surface area contributed by atoms with E-state index < -0.39 is 0 Å². The van der Waals surface area contributed by atoms with Crippen LogP contribution in [0.5, 0.6) is 0 Å². The molecule has 2 unspecified atom stereocenters. The van der Waals surface area contributed by atoms with Crippen molar-refractivity contribution in [3.63, 3.8) is 0 Å². The molecule has 1 rings (SSSR count). The molecule has 1 aliphatic heterocycles. The number of amides is 1. The van der Waals surface area contributed by atoms with Gasteiger partial charge in [-0.25, -0.2) is 0 Å². The van der Waals surface area contributed by atoms with Gasteiger partial charge in [-0.15, -0.1) is 0 Å². The third-order valence-corrected chi connectivity index (χ3v) is 4.45. The molecule has 0 spiro atoms. The van der Waals surface area contributed by atoms with E-state index in [0.717, 1.165) is 32.5 Å². The molecular formula is C14H28N2O. The number of hydrogen-bond acceptors (Lipinski definition) is 2. The molecule has 1 fully saturated rings. The average Bonchev–Trinajstić information content (AvgIpc) is 2.73. The first kappa shape index (κ1) is 14.5. The lowest BCUT2D eigenvalue weighted by Gasteiger charge is -2.30. The number of hydrogen-bond donors (Lipinski definition) is 2. The minimum Gasteiger partial charge on any atom is -0.355 e. The van der Waals surface area contributed by atoms with Crippen molar-refractivity contribution in [1.82, 2.24) is 10.6 Å². The van der Waals surface area contributed by atoms with Gasteiger partial charge in [-0.2, -0.15) is 0 Å². The Labute approximate surface area is 106 Å². The maximum Gasteiger partial charge on any atom is 0.227 e. The van der Waals surface area contributed by atoms with Crippen LogP contribution in [-0.4, -0.2) is 25.5 Å². The van der Waals surface area contributed by atoms with Crippen molar-refractivity contribution in [3.05, 3.63) is 0 Å². The molecule has 0 radical (unpaired) electrons. The summed E-state index contributed by atoms with van der Waals surface area (Å²) >= 11 is 0. The number of carbonyl (C=O) groups is 1. The van der Waals surface area contributed by atoms with Gasteiger partial charge in [0.1, 0.15) is 0 Å². The lowest BCUT2D eigenvalue weighted by atomic mass is 9.80. The van der Waals surface area contributed by atoms with Gasteiger partial charge in [0.25, 0.3) is 0 Å². The Hall–Kier alpha value is -0.570. The topological polar surface area (TPSA) is 41.1 Å². The van der Waals surface area contributed by atoms with Crippen LogP contribution in [0.15, 0.2) is 0 Å². The largest absolute Gasteiger partial charge is 0.355 e. The van der Waals surface area contributed by atoms with Crippen molar-refractivity contribution in [2.75, 3.05) is 19.6 Å². The van der Waals surface area contributed by atoms with Gasteiger partial charge in [0.2, 0.25) is 5.91 Å². The fourth-order valence-electron chi connectivity index (χ4n) is 2.14. The van der Waals surface area contributed by atoms with Gasteiger partial charge >= 0.3 is 0 Å². The zero-order chi connectivity index (χ0) is 13.1. The van der Waals surface area contributed by atoms with Crippen LogP contribution in [0.1, 0.15) is 47.5 Å². The highest BCUT2D eigenvalue weighted by atomic mass is 16.2. The van der Waals surface area contributed by atoms with Gasteiger partial charge in [-0.1, -0.05) is 34.6 Å². The van der Waals surface area contributed by atoms with E-state index in [0.29, 0.717) is 5.92 Å². The molecule has 1 heterocycles. The fraction of sp³-hybridized carbons (Fsp3) is 0.929. The second kappa shape index (κ2) is 5.38. The van der Waals surface area contributed by atoms with Crippen molar-refractivity contribution >= 4 is 5.91 Å². The second-order valence-electron chi connectivity index (χ2n) is 6.54. The third-order valence-electron chi connectivity index (χ3n) is 4.45. The highest BCUT2D eigenvalue weighted by molar-refractivity contribution is 5.83. The van der Waals surface area contributed by atoms with Crippen LogP contribution in [-0.2, 0) is 4.79 Å². The molecule has 0 aromatic heterocycles. The summed E-state index contributed by atoms with van der Waals surface area (Å²) in [5.41, 5.74) is 0.0954. The Balaban J connectivity index is 2.49. The second-order valence-corrected chi connectivity index (χ2v) is 6.54. The Morgan fingerprint density at radius 1 is 1.47 bits per heavy atom. The summed E-state index contributed by atoms with van der Waals surface area (Å²) in [6, 6.07) is 0. The van der Waals surface area contributed by atoms with E-state index in [9.17, 15) is 4.79 Å². The quantitative estimate of drug-likeness (QED) is 0.791. The first-order valence-corrected chi connectivity index (χ1v) is 6.81. The smallest absolute Gasteiger partial charge is 0.227 e. The van der Waals surface area contributed by atoms with Crippen molar-refractivity contribution in [1.29, 1.82) is 0 Å². The summed E-state index contributed by atoms with van der Waals surface area (Å²) in [6.45, 7) is 13.6. The molecule has 1 amide bonds. The van der Waals surface area contributed by atoms with E-state index in [1.54, 1.807) is 0 Å². The molecule has 1 aliphatic rings. The highest BCUT2D eigenvalue weighted by Crippen LogP contribution is 2.30. The summed E-state index contributed by atoms with van der Waals surface area (Å²) in [4.78, 5) is 12.3. The first-order valence-electron chi connectivity index (χ1n) is 6.81. The maximum absolute atomic E-state index is 12.3. The molecule has 100 valence electrons. The van der Waals surface area contributed by atoms with Crippen LogP contribution in [0.3, 0.4) is 0 Å². The third kappa shape index (κ3) is 3.44. The predicted octanol–water partition coefficient (Wildman–Crippen LogP) is 2.17. The molecule has 17 heavy (non-hydrogen) atoms. The Morgan fingerprint density at radius 2 is 2.12 bits per heavy atom. The number of carbonyl (C=O) groups excluding carboxylic acids is 1. The molecule has 0 aliphatic carbocycles. The average molecular weight is 240 g/mol. The van der Waals surface area contributed by atoms with Crippen LogP contribution in [0.2, 0.25) is 0 Å². The van der Waals surface area contributed by atoms with Gasteiger partial charge < -0.3 is 10.6 Å². The van der Waals surface area contributed by atoms with Crippen LogP contribution < -0.4 is 10.6 Å². The molecular weight excluding hydrogens is 212 g/mol. The van der Waals surface area contributed by atoms with Gasteiger partial charge in [0.05, 0.1) is 5.41 Å². The maximum atomic E-state index is 12.3. The molecule has 1 saturated heterocycles. The molecule has 3 heteroatoms. The van der Waals surface area contributed by atoms with Crippen molar-refractivity contribution in [3.8, 4) is 0 Å². The van der Waals surface area contributed by atoms with Gasteiger partial charge in [-0.3, -0.25) is 4.79 Å². The number of rotatable bonds is 4. The van der Waals surface area contributed by atoms with Gasteiger partial charge in [0, 0.05) is 13.1 Å². The van der Waals surface area contributed by atoms with E-state index in [4.69, 9.17) is 0 Å². The van der Waals surface area contributed by atoms with E-state index in [1.165, 1.54) is 0 Å². The van der Waals surface area contributed by atoms with Crippen molar-refractivity contribution < 1.29 is 4.79 Å². The predicted molar refractivity (Wildman–Crippen MR) is 71.8 cm³/mol. The summed E-state index contributed by atoms with van der Waals surface area (Å²) in [5, 5.41) is 6.45. The monoisotopic (exact) mass is 240 g/mol. The Kier molecular flexibility index (Phi) is 4.59. The van der Waals surface area contributed by atoms with E-state index in [1.807, 2.05) is 0 Å². The Morgan fingerprint density at radius 3 is 2.53 bits per heavy atom. The normalized spacial score (nSPS) is 26.9. The SMILES string of the molecule is CCC1(C(=O)NCC(C)C(C)(C)C)CCNC1. The molecule has 3 nitrogen and oxygen atoms in total. The van der Waals surface area contributed by atoms with E-state index >= 15 is 0 Å². The lowest BCUT2D eigenvalue weighted by Crippen LogP contribution is -2.44. The zero-order valence-electron chi connectivity index (χ0n) is 12.0. The highest BCUT2D eigenvalue weighted by Gasteiger charge is 2.39. The minimum atomic E-state index is -0.155. The van der Waals surface area contributed by atoms with Crippen molar-refractivity contribution in [2.45, 2.75) is 47.5 Å². The molecule has 2 N–H and O–H groups in total. The summed E-state index contributed by atoms with van der Waals surface area (Å²) in [6.07, 6.45) is 1.90. The van der Waals surface area contributed by atoms with Gasteiger partial charge in [0.15, 0.2) is 0 Å². The fourth-order valence-corrected chi connectivity index (χ4v) is 2.14. The molecule has 0 bridgehead atoms. The summed E-state index contributed by atoms with van der Waals surface area (Å²) < 4.78 is 0. The van der Waals surface area contributed by atoms with Crippen LogP contribution in [0.25, 0.3) is 0 Å². The molecule has 0 saturated carbocycles. The van der Waals surface area contributed by atoms with Crippen LogP contribution >= 0.6 is 0 Å².